The quantitative estimate of drug-likeness (QED) is 0.424. The van der Waals surface area contributed by atoms with E-state index in [2.05, 4.69) is 21.2 Å². The number of hydrogen-bond acceptors (Lipinski definition) is 4. The minimum Gasteiger partial charge on any atom is -0.478 e. The van der Waals surface area contributed by atoms with Gasteiger partial charge in [-0.15, -0.1) is 0 Å². The predicted octanol–water partition coefficient (Wildman–Crippen LogP) is 4.88. The molecule has 0 spiro atoms. The van der Waals surface area contributed by atoms with Crippen LogP contribution in [-0.4, -0.2) is 16.0 Å². The van der Waals surface area contributed by atoms with Gasteiger partial charge in [-0.2, -0.15) is 0 Å². The molecule has 7 heteroatoms. The number of anilines is 1. The monoisotopic (exact) mass is 414 g/mol. The number of carboxylic acids is 1. The summed E-state index contributed by atoms with van der Waals surface area (Å²) in [6.07, 6.45) is 4.77. The van der Waals surface area contributed by atoms with E-state index in [1.165, 1.54) is 12.1 Å². The number of aromatic carboxylic acids is 1. The number of benzene rings is 2. The zero-order valence-electron chi connectivity index (χ0n) is 13.6. The van der Waals surface area contributed by atoms with Crippen molar-refractivity contribution in [2.24, 2.45) is 5.92 Å². The van der Waals surface area contributed by atoms with E-state index in [4.69, 9.17) is 0 Å². The van der Waals surface area contributed by atoms with Crippen molar-refractivity contribution in [3.63, 3.8) is 0 Å². The summed E-state index contributed by atoms with van der Waals surface area (Å²) in [5, 5.41) is 24.4. The SMILES string of the molecule is O=C(O)c1ccc([N+](=O)[O-])c2c1N[C@H](c1ccc(Br)cc1)[C@@H]1CC=C[C@H]21. The molecular weight excluding hydrogens is 400 g/mol. The zero-order valence-corrected chi connectivity index (χ0v) is 15.1. The van der Waals surface area contributed by atoms with E-state index in [-0.39, 0.29) is 29.1 Å². The standard InChI is InChI=1S/C19H15BrN2O4/c20-11-6-4-10(5-7-11)17-13-3-1-2-12(13)16-15(22(25)26)9-8-14(19(23)24)18(16)21-17/h1-2,4-9,12-13,17,21H,3H2,(H,23,24)/t12-,13+,17+/m0/s1. The van der Waals surface area contributed by atoms with E-state index in [1.807, 2.05) is 36.4 Å². The van der Waals surface area contributed by atoms with Gasteiger partial charge in [0.15, 0.2) is 0 Å². The highest BCUT2D eigenvalue weighted by Crippen LogP contribution is 2.53. The average Bonchev–Trinajstić information content (AvgIpc) is 3.10. The molecular formula is C19H15BrN2O4. The van der Waals surface area contributed by atoms with Crippen LogP contribution in [0.3, 0.4) is 0 Å². The van der Waals surface area contributed by atoms with Gasteiger partial charge in [-0.1, -0.05) is 40.2 Å². The van der Waals surface area contributed by atoms with Gasteiger partial charge in [0.1, 0.15) is 0 Å². The topological polar surface area (TPSA) is 92.5 Å². The number of hydrogen-bond donors (Lipinski definition) is 2. The highest BCUT2D eigenvalue weighted by Gasteiger charge is 2.43. The highest BCUT2D eigenvalue weighted by molar-refractivity contribution is 9.10. The van der Waals surface area contributed by atoms with E-state index in [0.29, 0.717) is 11.3 Å². The van der Waals surface area contributed by atoms with Crippen molar-refractivity contribution in [3.8, 4) is 0 Å². The molecule has 26 heavy (non-hydrogen) atoms. The zero-order chi connectivity index (χ0) is 18.4. The van der Waals surface area contributed by atoms with Crippen LogP contribution in [0.1, 0.15) is 39.9 Å². The summed E-state index contributed by atoms with van der Waals surface area (Å²) >= 11 is 3.42. The number of carboxylic acid groups (broad SMARTS) is 1. The Hall–Kier alpha value is -2.67. The second kappa shape index (κ2) is 6.25. The second-order valence-electron chi connectivity index (χ2n) is 6.51. The van der Waals surface area contributed by atoms with Crippen LogP contribution in [0.15, 0.2) is 53.0 Å². The number of allylic oxidation sites excluding steroid dienone is 2. The molecule has 0 aromatic heterocycles. The predicted molar refractivity (Wildman–Crippen MR) is 101 cm³/mol. The van der Waals surface area contributed by atoms with Gasteiger partial charge >= 0.3 is 5.97 Å². The van der Waals surface area contributed by atoms with Crippen LogP contribution in [0, 0.1) is 16.0 Å². The third kappa shape index (κ3) is 2.59. The summed E-state index contributed by atoms with van der Waals surface area (Å²) in [4.78, 5) is 22.8. The lowest BCUT2D eigenvalue weighted by molar-refractivity contribution is -0.385. The Labute approximate surface area is 157 Å². The highest BCUT2D eigenvalue weighted by atomic mass is 79.9. The first-order chi connectivity index (χ1) is 12.5. The fraction of sp³-hybridized carbons (Fsp3) is 0.211. The van der Waals surface area contributed by atoms with Crippen molar-refractivity contribution in [1.29, 1.82) is 0 Å². The van der Waals surface area contributed by atoms with Crippen molar-refractivity contribution >= 4 is 33.3 Å². The van der Waals surface area contributed by atoms with Crippen LogP contribution in [0.4, 0.5) is 11.4 Å². The summed E-state index contributed by atoms with van der Waals surface area (Å²) in [5.41, 5.74) is 1.88. The number of nitro benzene ring substituents is 1. The van der Waals surface area contributed by atoms with Gasteiger partial charge < -0.3 is 10.4 Å². The second-order valence-corrected chi connectivity index (χ2v) is 7.43. The van der Waals surface area contributed by atoms with Crippen LogP contribution in [-0.2, 0) is 0 Å². The lowest BCUT2D eigenvalue weighted by Crippen LogP contribution is -2.31. The average molecular weight is 415 g/mol. The summed E-state index contributed by atoms with van der Waals surface area (Å²) in [5.74, 6) is -1.18. The lowest BCUT2D eigenvalue weighted by Gasteiger charge is -2.37. The normalized spacial score (nSPS) is 23.0. The number of nitrogens with one attached hydrogen (secondary N) is 1. The molecule has 0 bridgehead atoms. The molecule has 0 amide bonds. The molecule has 1 heterocycles. The van der Waals surface area contributed by atoms with E-state index < -0.39 is 10.9 Å². The maximum Gasteiger partial charge on any atom is 0.337 e. The molecule has 2 aliphatic rings. The Kier molecular flexibility index (Phi) is 4.03. The molecule has 0 radical (unpaired) electrons. The number of nitrogens with zero attached hydrogens (tertiary/aromatic N) is 1. The van der Waals surface area contributed by atoms with E-state index in [1.54, 1.807) is 0 Å². The summed E-state index contributed by atoms with van der Waals surface area (Å²) in [6.45, 7) is 0. The maximum absolute atomic E-state index is 11.7. The fourth-order valence-corrected chi connectivity index (χ4v) is 4.29. The van der Waals surface area contributed by atoms with Gasteiger partial charge in [-0.3, -0.25) is 10.1 Å². The Morgan fingerprint density at radius 1 is 1.23 bits per heavy atom. The molecule has 1 aliphatic heterocycles. The van der Waals surface area contributed by atoms with Crippen molar-refractivity contribution < 1.29 is 14.8 Å². The number of halogens is 1. The molecule has 2 aromatic carbocycles. The van der Waals surface area contributed by atoms with Crippen LogP contribution in [0.5, 0.6) is 0 Å². The van der Waals surface area contributed by atoms with E-state index >= 15 is 0 Å². The van der Waals surface area contributed by atoms with Gasteiger partial charge in [-0.05, 0) is 36.1 Å². The van der Waals surface area contributed by atoms with E-state index in [9.17, 15) is 20.0 Å². The van der Waals surface area contributed by atoms with Crippen molar-refractivity contribution in [1.82, 2.24) is 0 Å². The number of rotatable bonds is 3. The molecule has 0 saturated heterocycles. The number of carbonyl (C=O) groups is 1. The minimum absolute atomic E-state index is 0.0340. The molecule has 0 saturated carbocycles. The largest absolute Gasteiger partial charge is 0.478 e. The molecule has 132 valence electrons. The number of nitro groups is 1. The first kappa shape index (κ1) is 16.8. The van der Waals surface area contributed by atoms with Crippen LogP contribution < -0.4 is 5.32 Å². The van der Waals surface area contributed by atoms with Gasteiger partial charge in [0.25, 0.3) is 5.69 Å². The van der Waals surface area contributed by atoms with Gasteiger partial charge in [0.05, 0.1) is 27.8 Å². The van der Waals surface area contributed by atoms with Crippen molar-refractivity contribution in [3.05, 3.63) is 79.8 Å². The third-order valence-corrected chi connectivity index (χ3v) is 5.68. The maximum atomic E-state index is 11.7. The van der Waals surface area contributed by atoms with Gasteiger partial charge in [0.2, 0.25) is 0 Å². The molecule has 1 aliphatic carbocycles. The molecule has 6 nitrogen and oxygen atoms in total. The van der Waals surface area contributed by atoms with Crippen LogP contribution in [0.2, 0.25) is 0 Å². The fourth-order valence-electron chi connectivity index (χ4n) is 4.03. The van der Waals surface area contributed by atoms with E-state index in [0.717, 1.165) is 16.5 Å². The summed E-state index contributed by atoms with van der Waals surface area (Å²) in [6, 6.07) is 10.3. The van der Waals surface area contributed by atoms with Gasteiger partial charge in [0, 0.05) is 16.5 Å². The minimum atomic E-state index is -1.10. The Balaban J connectivity index is 1.91. The first-order valence-electron chi connectivity index (χ1n) is 8.20. The Bertz CT molecular complexity index is 939. The molecule has 4 rings (SSSR count). The Morgan fingerprint density at radius 2 is 1.96 bits per heavy atom. The molecule has 0 fully saturated rings. The van der Waals surface area contributed by atoms with Crippen molar-refractivity contribution in [2.75, 3.05) is 5.32 Å². The van der Waals surface area contributed by atoms with Gasteiger partial charge in [-0.25, -0.2) is 4.79 Å². The summed E-state index contributed by atoms with van der Waals surface area (Å²) in [7, 11) is 0. The Morgan fingerprint density at radius 3 is 2.62 bits per heavy atom. The first-order valence-corrected chi connectivity index (χ1v) is 9.00. The molecule has 2 N–H and O–H groups in total. The third-order valence-electron chi connectivity index (χ3n) is 5.15. The number of fused-ring (bicyclic) bond motifs is 3. The lowest BCUT2D eigenvalue weighted by atomic mass is 9.75. The van der Waals surface area contributed by atoms with Crippen molar-refractivity contribution in [2.45, 2.75) is 18.4 Å². The smallest absolute Gasteiger partial charge is 0.337 e. The molecule has 2 aromatic rings. The summed E-state index contributed by atoms with van der Waals surface area (Å²) < 4.78 is 0.959. The van der Waals surface area contributed by atoms with Crippen LogP contribution in [0.25, 0.3) is 0 Å². The van der Waals surface area contributed by atoms with Crippen LogP contribution >= 0.6 is 15.9 Å². The molecule has 3 atom stereocenters. The molecule has 0 unspecified atom stereocenters.